The Kier molecular flexibility index (Phi) is 4.90. The van der Waals surface area contributed by atoms with E-state index in [1.165, 1.54) is 31.0 Å². The first kappa shape index (κ1) is 16.2. The number of hydrogen-bond donors (Lipinski definition) is 0. The van der Waals surface area contributed by atoms with Crippen molar-refractivity contribution < 1.29 is 13.9 Å². The summed E-state index contributed by atoms with van der Waals surface area (Å²) in [6, 6.07) is 13.8. The van der Waals surface area contributed by atoms with Crippen LogP contribution in [0.2, 0.25) is 0 Å². The normalized spacial score (nSPS) is 10.6. The van der Waals surface area contributed by atoms with Crippen LogP contribution < -0.4 is 4.74 Å². The Balaban J connectivity index is 1.72. The van der Waals surface area contributed by atoms with Gasteiger partial charge in [-0.15, -0.1) is 10.2 Å². The lowest BCUT2D eigenvalue weighted by atomic mass is 10.1. The van der Waals surface area contributed by atoms with Crippen LogP contribution in [-0.2, 0) is 0 Å². The Morgan fingerprint density at radius 3 is 2.75 bits per heavy atom. The molecule has 0 saturated carbocycles. The average Bonchev–Trinajstić information content (AvgIpc) is 3.09. The molecule has 122 valence electrons. The first-order valence-corrected chi connectivity index (χ1v) is 8.12. The van der Waals surface area contributed by atoms with Crippen molar-refractivity contribution in [3.63, 3.8) is 0 Å². The van der Waals surface area contributed by atoms with Crippen LogP contribution in [0.25, 0.3) is 5.69 Å². The maximum atomic E-state index is 13.7. The second-order valence-corrected chi connectivity index (χ2v) is 5.82. The second-order valence-electron chi connectivity index (χ2n) is 4.88. The second kappa shape index (κ2) is 7.27. The molecule has 1 aromatic heterocycles. The van der Waals surface area contributed by atoms with Gasteiger partial charge in [0, 0.05) is 11.3 Å². The molecule has 3 rings (SSSR count). The van der Waals surface area contributed by atoms with Crippen LogP contribution >= 0.6 is 11.8 Å². The number of para-hydroxylation sites is 1. The third-order valence-electron chi connectivity index (χ3n) is 3.36. The lowest BCUT2D eigenvalue weighted by molar-refractivity contribution is 0.102. The molecule has 1 heterocycles. The summed E-state index contributed by atoms with van der Waals surface area (Å²) < 4.78 is 20.3. The van der Waals surface area contributed by atoms with Crippen molar-refractivity contribution in [1.82, 2.24) is 14.8 Å². The Morgan fingerprint density at radius 2 is 2.04 bits per heavy atom. The Bertz CT molecular complexity index is 852. The number of nitrogens with zero attached hydrogens (tertiary/aromatic N) is 3. The van der Waals surface area contributed by atoms with Gasteiger partial charge in [-0.05, 0) is 30.3 Å². The minimum Gasteiger partial charge on any atom is -0.494 e. The highest BCUT2D eigenvalue weighted by Gasteiger charge is 2.13. The van der Waals surface area contributed by atoms with Gasteiger partial charge in [-0.3, -0.25) is 9.36 Å². The van der Waals surface area contributed by atoms with Gasteiger partial charge in [-0.2, -0.15) is 0 Å². The molecule has 0 unspecified atom stereocenters. The van der Waals surface area contributed by atoms with Crippen molar-refractivity contribution in [1.29, 1.82) is 0 Å². The van der Waals surface area contributed by atoms with Crippen LogP contribution in [0.15, 0.2) is 60.0 Å². The number of thioether (sulfide) groups is 1. The number of methoxy groups -OCH3 is 1. The van der Waals surface area contributed by atoms with Crippen LogP contribution in [0.3, 0.4) is 0 Å². The molecule has 0 fully saturated rings. The fourth-order valence-electron chi connectivity index (χ4n) is 2.14. The van der Waals surface area contributed by atoms with Gasteiger partial charge in [0.1, 0.15) is 6.33 Å². The van der Waals surface area contributed by atoms with Crippen molar-refractivity contribution in [2.24, 2.45) is 0 Å². The fourth-order valence-corrected chi connectivity index (χ4v) is 2.97. The van der Waals surface area contributed by atoms with Gasteiger partial charge in [0.15, 0.2) is 22.5 Å². The van der Waals surface area contributed by atoms with E-state index in [1.54, 1.807) is 17.0 Å². The lowest BCUT2D eigenvalue weighted by Crippen LogP contribution is -2.05. The molecule has 0 saturated heterocycles. The number of aromatic nitrogens is 3. The molecule has 0 amide bonds. The number of carbonyl (C=O) groups is 1. The van der Waals surface area contributed by atoms with Crippen molar-refractivity contribution in [2.75, 3.05) is 12.9 Å². The molecule has 0 atom stereocenters. The third kappa shape index (κ3) is 3.46. The minimum absolute atomic E-state index is 0.114. The van der Waals surface area contributed by atoms with Crippen LogP contribution in [0, 0.1) is 5.82 Å². The maximum absolute atomic E-state index is 13.7. The Labute approximate surface area is 142 Å². The highest BCUT2D eigenvalue weighted by atomic mass is 32.2. The molecule has 0 bridgehead atoms. The highest BCUT2D eigenvalue weighted by molar-refractivity contribution is 7.99. The molecule has 24 heavy (non-hydrogen) atoms. The minimum atomic E-state index is -0.555. The van der Waals surface area contributed by atoms with Gasteiger partial charge in [-0.1, -0.05) is 30.0 Å². The van der Waals surface area contributed by atoms with E-state index in [-0.39, 0.29) is 17.3 Å². The Morgan fingerprint density at radius 1 is 1.25 bits per heavy atom. The molecule has 2 aromatic carbocycles. The summed E-state index contributed by atoms with van der Waals surface area (Å²) in [6.45, 7) is 0. The summed E-state index contributed by atoms with van der Waals surface area (Å²) >= 11 is 1.25. The zero-order valence-corrected chi connectivity index (χ0v) is 13.7. The molecule has 0 aliphatic carbocycles. The predicted molar refractivity (Wildman–Crippen MR) is 89.4 cm³/mol. The Hall–Kier alpha value is -2.67. The quantitative estimate of drug-likeness (QED) is 0.507. The van der Waals surface area contributed by atoms with E-state index in [0.29, 0.717) is 10.7 Å². The van der Waals surface area contributed by atoms with Crippen molar-refractivity contribution in [2.45, 2.75) is 5.16 Å². The van der Waals surface area contributed by atoms with E-state index in [2.05, 4.69) is 10.2 Å². The van der Waals surface area contributed by atoms with Gasteiger partial charge < -0.3 is 4.74 Å². The zero-order chi connectivity index (χ0) is 16.9. The van der Waals surface area contributed by atoms with Gasteiger partial charge in [0.25, 0.3) is 0 Å². The number of ether oxygens (including phenoxy) is 1. The number of Topliss-reactive ketones (excluding diaryl/α,β-unsaturated/α-hetero) is 1. The number of carbonyl (C=O) groups excluding carboxylic acids is 1. The maximum Gasteiger partial charge on any atom is 0.196 e. The van der Waals surface area contributed by atoms with Crippen LogP contribution in [0.1, 0.15) is 10.4 Å². The molecule has 3 aromatic rings. The smallest absolute Gasteiger partial charge is 0.196 e. The standard InChI is InChI=1S/C17H14FN3O2S/c1-23-16-8-7-12(9-14(16)18)15(22)10-24-17-20-19-11-21(17)13-5-3-2-4-6-13/h2-9,11H,10H2,1H3. The molecule has 0 aliphatic rings. The molecule has 0 radical (unpaired) electrons. The van der Waals surface area contributed by atoms with Gasteiger partial charge in [0.2, 0.25) is 0 Å². The SMILES string of the molecule is COc1ccc(C(=O)CSc2nncn2-c2ccccc2)cc1F. The van der Waals surface area contributed by atoms with E-state index in [4.69, 9.17) is 4.74 Å². The number of rotatable bonds is 6. The monoisotopic (exact) mass is 343 g/mol. The fraction of sp³-hybridized carbons (Fsp3) is 0.118. The molecular formula is C17H14FN3O2S. The molecule has 0 spiro atoms. The average molecular weight is 343 g/mol. The molecule has 5 nitrogen and oxygen atoms in total. The van der Waals surface area contributed by atoms with Crippen LogP contribution in [0.5, 0.6) is 5.75 Å². The summed E-state index contributed by atoms with van der Waals surface area (Å²) in [7, 11) is 1.38. The van der Waals surface area contributed by atoms with E-state index in [9.17, 15) is 9.18 Å². The molecular weight excluding hydrogens is 329 g/mol. The number of ketones is 1. The number of benzene rings is 2. The van der Waals surface area contributed by atoms with Gasteiger partial charge in [-0.25, -0.2) is 4.39 Å². The largest absolute Gasteiger partial charge is 0.494 e. The molecule has 0 aliphatic heterocycles. The zero-order valence-electron chi connectivity index (χ0n) is 12.8. The van der Waals surface area contributed by atoms with Crippen LogP contribution in [0.4, 0.5) is 4.39 Å². The summed E-state index contributed by atoms with van der Waals surface area (Å²) in [5.41, 5.74) is 1.21. The first-order chi connectivity index (χ1) is 11.7. The third-order valence-corrected chi connectivity index (χ3v) is 4.30. The van der Waals surface area contributed by atoms with Crippen LogP contribution in [-0.4, -0.2) is 33.4 Å². The lowest BCUT2D eigenvalue weighted by Gasteiger charge is -2.06. The first-order valence-electron chi connectivity index (χ1n) is 7.14. The summed E-state index contributed by atoms with van der Waals surface area (Å²) in [6.07, 6.45) is 1.59. The van der Waals surface area contributed by atoms with Crippen molar-refractivity contribution >= 4 is 17.5 Å². The summed E-state index contributed by atoms with van der Waals surface area (Å²) in [5.74, 6) is -0.495. The van der Waals surface area contributed by atoms with Gasteiger partial charge >= 0.3 is 0 Å². The van der Waals surface area contributed by atoms with E-state index < -0.39 is 5.82 Å². The molecule has 7 heteroatoms. The van der Waals surface area contributed by atoms with Gasteiger partial charge in [0.05, 0.1) is 12.9 Å². The number of halogens is 1. The van der Waals surface area contributed by atoms with Crippen molar-refractivity contribution in [3.8, 4) is 11.4 Å². The number of hydrogen-bond acceptors (Lipinski definition) is 5. The van der Waals surface area contributed by atoms with E-state index >= 15 is 0 Å². The summed E-state index contributed by atoms with van der Waals surface area (Å²) in [4.78, 5) is 12.3. The predicted octanol–water partition coefficient (Wildman–Crippen LogP) is 3.39. The van der Waals surface area contributed by atoms with Crippen molar-refractivity contribution in [3.05, 3.63) is 66.2 Å². The topological polar surface area (TPSA) is 57.0 Å². The summed E-state index contributed by atoms with van der Waals surface area (Å²) in [5, 5.41) is 8.52. The molecule has 0 N–H and O–H groups in total. The van der Waals surface area contributed by atoms with E-state index in [0.717, 1.165) is 5.69 Å². The highest BCUT2D eigenvalue weighted by Crippen LogP contribution is 2.22. The van der Waals surface area contributed by atoms with E-state index in [1.807, 2.05) is 30.3 Å².